The zero-order chi connectivity index (χ0) is 16.8. The van der Waals surface area contributed by atoms with Gasteiger partial charge >= 0.3 is 0 Å². The predicted molar refractivity (Wildman–Crippen MR) is 89.3 cm³/mol. The lowest BCUT2D eigenvalue weighted by molar-refractivity contribution is 0.0999. The largest absolute Gasteiger partial charge is 0.366 e. The van der Waals surface area contributed by atoms with E-state index in [9.17, 15) is 13.2 Å². The highest BCUT2D eigenvalue weighted by molar-refractivity contribution is 7.88. The van der Waals surface area contributed by atoms with Crippen LogP contribution in [0.25, 0.3) is 6.08 Å². The molecule has 1 aromatic carbocycles. The molecule has 0 bridgehead atoms. The second kappa shape index (κ2) is 7.88. The van der Waals surface area contributed by atoms with Crippen molar-refractivity contribution >= 4 is 33.4 Å². The summed E-state index contributed by atoms with van der Waals surface area (Å²) in [6.07, 6.45) is 1.34. The normalized spacial score (nSPS) is 11.0. The van der Waals surface area contributed by atoms with Crippen LogP contribution in [-0.4, -0.2) is 18.9 Å². The van der Waals surface area contributed by atoms with E-state index >= 15 is 0 Å². The number of thiophene rings is 1. The van der Waals surface area contributed by atoms with Crippen LogP contribution in [0.2, 0.25) is 0 Å². The standard InChI is InChI=1S/C9H11NO.C6H6O3S2/c1-6-3-4-8(9(10)11)7(2)5-6;7-11(8,9)4-2-6-1-3-10-5-6/h3-5H,1-2H3,(H2,10,11);1-5H,(H,7,8,9). The summed E-state index contributed by atoms with van der Waals surface area (Å²) in [5, 5.41) is 4.36. The average Bonchev–Trinajstić information content (AvgIpc) is 2.89. The van der Waals surface area contributed by atoms with E-state index in [1.807, 2.05) is 31.4 Å². The van der Waals surface area contributed by atoms with Crippen LogP contribution in [0.4, 0.5) is 0 Å². The third kappa shape index (κ3) is 6.66. The summed E-state index contributed by atoms with van der Waals surface area (Å²) in [6.45, 7) is 3.87. The Balaban J connectivity index is 0.000000220. The van der Waals surface area contributed by atoms with Crippen molar-refractivity contribution in [2.75, 3.05) is 0 Å². The van der Waals surface area contributed by atoms with Crippen molar-refractivity contribution in [2.45, 2.75) is 13.8 Å². The number of aryl methyl sites for hydroxylation is 2. The van der Waals surface area contributed by atoms with E-state index in [2.05, 4.69) is 0 Å². The first-order valence-corrected chi connectivity index (χ1v) is 8.68. The zero-order valence-corrected chi connectivity index (χ0v) is 13.8. The van der Waals surface area contributed by atoms with Crippen LogP contribution in [0.1, 0.15) is 27.0 Å². The van der Waals surface area contributed by atoms with Gasteiger partial charge in [0, 0.05) is 5.56 Å². The second-order valence-electron chi connectivity index (χ2n) is 4.56. The maximum Gasteiger partial charge on any atom is 0.287 e. The van der Waals surface area contributed by atoms with Gasteiger partial charge in [-0.2, -0.15) is 19.8 Å². The summed E-state index contributed by atoms with van der Waals surface area (Å²) in [7, 11) is -3.98. The van der Waals surface area contributed by atoms with Gasteiger partial charge in [-0.05, 0) is 53.9 Å². The Kier molecular flexibility index (Phi) is 6.48. The molecule has 0 saturated heterocycles. The monoisotopic (exact) mass is 339 g/mol. The van der Waals surface area contributed by atoms with Crippen molar-refractivity contribution in [1.82, 2.24) is 0 Å². The van der Waals surface area contributed by atoms with Gasteiger partial charge in [0.1, 0.15) is 0 Å². The highest BCUT2D eigenvalue weighted by atomic mass is 32.2. The number of nitrogens with two attached hydrogens (primary N) is 1. The third-order valence-electron chi connectivity index (χ3n) is 2.62. The summed E-state index contributed by atoms with van der Waals surface area (Å²) < 4.78 is 28.7. The van der Waals surface area contributed by atoms with E-state index in [4.69, 9.17) is 10.3 Å². The zero-order valence-electron chi connectivity index (χ0n) is 12.2. The van der Waals surface area contributed by atoms with Crippen molar-refractivity contribution < 1.29 is 17.8 Å². The minimum Gasteiger partial charge on any atom is -0.366 e. The Morgan fingerprint density at radius 1 is 1.27 bits per heavy atom. The van der Waals surface area contributed by atoms with Crippen LogP contribution in [0.5, 0.6) is 0 Å². The summed E-state index contributed by atoms with van der Waals surface area (Å²) in [5.41, 5.74) is 8.59. The van der Waals surface area contributed by atoms with E-state index in [0.29, 0.717) is 5.56 Å². The Hall–Kier alpha value is -1.96. The molecule has 1 aromatic heterocycles. The van der Waals surface area contributed by atoms with Gasteiger partial charge in [-0.25, -0.2) is 0 Å². The number of amides is 1. The van der Waals surface area contributed by atoms with Crippen LogP contribution in [0.15, 0.2) is 40.4 Å². The van der Waals surface area contributed by atoms with Crippen LogP contribution in [0, 0.1) is 13.8 Å². The van der Waals surface area contributed by atoms with E-state index in [1.54, 1.807) is 17.5 Å². The van der Waals surface area contributed by atoms with Gasteiger partial charge in [0.15, 0.2) is 0 Å². The fraction of sp³-hybridized carbons (Fsp3) is 0.133. The molecule has 0 aliphatic rings. The lowest BCUT2D eigenvalue weighted by atomic mass is 10.1. The van der Waals surface area contributed by atoms with Crippen molar-refractivity contribution in [2.24, 2.45) is 5.73 Å². The number of hydrogen-bond acceptors (Lipinski definition) is 4. The molecule has 2 rings (SSSR count). The van der Waals surface area contributed by atoms with Gasteiger partial charge in [0.2, 0.25) is 5.91 Å². The lowest BCUT2D eigenvalue weighted by Crippen LogP contribution is -2.12. The molecule has 3 N–H and O–H groups in total. The summed E-state index contributed by atoms with van der Waals surface area (Å²) in [5.74, 6) is -0.359. The Morgan fingerprint density at radius 2 is 1.95 bits per heavy atom. The molecule has 0 unspecified atom stereocenters. The van der Waals surface area contributed by atoms with E-state index in [-0.39, 0.29) is 5.91 Å². The molecule has 2 aromatic rings. The molecule has 7 heteroatoms. The molecule has 5 nitrogen and oxygen atoms in total. The van der Waals surface area contributed by atoms with Gasteiger partial charge < -0.3 is 5.73 Å². The summed E-state index contributed by atoms with van der Waals surface area (Å²) >= 11 is 1.46. The number of rotatable bonds is 3. The minimum absolute atomic E-state index is 0.359. The quantitative estimate of drug-likeness (QED) is 0.840. The number of carbonyl (C=O) groups excluding carboxylic acids is 1. The summed E-state index contributed by atoms with van der Waals surface area (Å²) in [6, 6.07) is 7.34. The fourth-order valence-electron chi connectivity index (χ4n) is 1.62. The highest BCUT2D eigenvalue weighted by Gasteiger charge is 2.02. The fourth-order valence-corrected chi connectivity index (χ4v) is 2.58. The first kappa shape index (κ1) is 18.1. The van der Waals surface area contributed by atoms with Crippen molar-refractivity contribution in [3.8, 4) is 0 Å². The Bertz CT molecular complexity index is 763. The molecule has 0 atom stereocenters. The molecule has 0 fully saturated rings. The molecule has 1 heterocycles. The van der Waals surface area contributed by atoms with Crippen LogP contribution in [0.3, 0.4) is 0 Å². The number of hydrogen-bond donors (Lipinski definition) is 2. The number of primary amides is 1. The van der Waals surface area contributed by atoms with Crippen LogP contribution >= 0.6 is 11.3 Å². The third-order valence-corrected chi connectivity index (χ3v) is 3.80. The van der Waals surface area contributed by atoms with E-state index in [0.717, 1.165) is 22.1 Å². The molecule has 0 radical (unpaired) electrons. The summed E-state index contributed by atoms with van der Waals surface area (Å²) in [4.78, 5) is 10.8. The Morgan fingerprint density at radius 3 is 2.41 bits per heavy atom. The van der Waals surface area contributed by atoms with Gasteiger partial charge in [-0.3, -0.25) is 9.35 Å². The minimum atomic E-state index is -3.98. The molecule has 22 heavy (non-hydrogen) atoms. The first-order valence-electron chi connectivity index (χ1n) is 6.24. The van der Waals surface area contributed by atoms with Gasteiger partial charge in [-0.15, -0.1) is 0 Å². The molecular weight excluding hydrogens is 322 g/mol. The average molecular weight is 339 g/mol. The van der Waals surface area contributed by atoms with Gasteiger partial charge in [0.05, 0.1) is 5.41 Å². The van der Waals surface area contributed by atoms with Crippen molar-refractivity contribution in [1.29, 1.82) is 0 Å². The SMILES string of the molecule is Cc1ccc(C(N)=O)c(C)c1.O=S(=O)(O)C=Cc1ccsc1. The number of carbonyl (C=O) groups is 1. The van der Waals surface area contributed by atoms with Crippen molar-refractivity contribution in [3.63, 3.8) is 0 Å². The van der Waals surface area contributed by atoms with Gasteiger partial charge in [0.25, 0.3) is 10.1 Å². The number of benzene rings is 1. The smallest absolute Gasteiger partial charge is 0.287 e. The molecule has 118 valence electrons. The van der Waals surface area contributed by atoms with Crippen LogP contribution in [-0.2, 0) is 10.1 Å². The molecule has 0 saturated carbocycles. The van der Waals surface area contributed by atoms with Gasteiger partial charge in [-0.1, -0.05) is 17.7 Å². The molecular formula is C15H17NO4S2. The predicted octanol–water partition coefficient (Wildman–Crippen LogP) is 3.01. The van der Waals surface area contributed by atoms with Crippen molar-refractivity contribution in [3.05, 3.63) is 62.7 Å². The molecule has 1 amide bonds. The lowest BCUT2D eigenvalue weighted by Gasteiger charge is -2.01. The van der Waals surface area contributed by atoms with Crippen LogP contribution < -0.4 is 5.73 Å². The first-order chi connectivity index (χ1) is 10.2. The molecule has 0 aliphatic heterocycles. The topological polar surface area (TPSA) is 97.5 Å². The molecule has 0 spiro atoms. The van der Waals surface area contributed by atoms with E-state index in [1.165, 1.54) is 17.4 Å². The highest BCUT2D eigenvalue weighted by Crippen LogP contribution is 2.09. The maximum atomic E-state index is 10.8. The molecule has 0 aliphatic carbocycles. The second-order valence-corrected chi connectivity index (χ2v) is 6.64. The van der Waals surface area contributed by atoms with E-state index < -0.39 is 10.1 Å². The Labute approximate surface area is 133 Å². The maximum absolute atomic E-state index is 10.8.